The van der Waals surface area contributed by atoms with Gasteiger partial charge in [0, 0.05) is 10.6 Å². The molecule has 0 saturated carbocycles. The van der Waals surface area contributed by atoms with Crippen molar-refractivity contribution in [3.63, 3.8) is 0 Å². The van der Waals surface area contributed by atoms with Gasteiger partial charge in [0.25, 0.3) is 0 Å². The van der Waals surface area contributed by atoms with E-state index in [-0.39, 0.29) is 5.82 Å². The maximum Gasteiger partial charge on any atom is 0.164 e. The standard InChI is InChI=1S/C13H16ClFN4/c1-2-5-16-7-13-17-9-19(18-13)8-10-3-4-11(14)6-12(10)15/h3-4,6,9,16H,2,5,7-8H2,1H3. The predicted octanol–water partition coefficient (Wildman–Crippen LogP) is 2.62. The number of benzene rings is 1. The SMILES string of the molecule is CCCNCc1ncn(Cc2ccc(Cl)cc2F)n1. The lowest BCUT2D eigenvalue weighted by Crippen LogP contribution is -2.15. The maximum atomic E-state index is 13.6. The van der Waals surface area contributed by atoms with E-state index in [4.69, 9.17) is 11.6 Å². The van der Waals surface area contributed by atoms with Crippen molar-refractivity contribution in [3.8, 4) is 0 Å². The van der Waals surface area contributed by atoms with E-state index in [9.17, 15) is 4.39 Å². The third-order valence-electron chi connectivity index (χ3n) is 2.64. The molecule has 0 aliphatic carbocycles. The molecule has 2 aromatic rings. The summed E-state index contributed by atoms with van der Waals surface area (Å²) in [7, 11) is 0. The monoisotopic (exact) mass is 282 g/mol. The second-order valence-corrected chi connectivity index (χ2v) is 4.71. The molecule has 0 aliphatic rings. The van der Waals surface area contributed by atoms with E-state index in [0.29, 0.717) is 29.5 Å². The summed E-state index contributed by atoms with van der Waals surface area (Å²) in [5.41, 5.74) is 0.544. The molecule has 1 N–H and O–H groups in total. The van der Waals surface area contributed by atoms with E-state index in [0.717, 1.165) is 13.0 Å². The second kappa shape index (κ2) is 6.63. The van der Waals surface area contributed by atoms with Crippen LogP contribution in [0.2, 0.25) is 5.02 Å². The molecule has 0 amide bonds. The molecule has 0 saturated heterocycles. The van der Waals surface area contributed by atoms with Crippen molar-refractivity contribution < 1.29 is 4.39 Å². The van der Waals surface area contributed by atoms with E-state index in [1.807, 2.05) is 0 Å². The van der Waals surface area contributed by atoms with Gasteiger partial charge in [-0.05, 0) is 25.1 Å². The van der Waals surface area contributed by atoms with Crippen LogP contribution in [0.5, 0.6) is 0 Å². The van der Waals surface area contributed by atoms with E-state index in [2.05, 4.69) is 22.3 Å². The minimum atomic E-state index is -0.325. The Balaban J connectivity index is 1.99. The molecule has 2 rings (SSSR count). The summed E-state index contributed by atoms with van der Waals surface area (Å²) < 4.78 is 15.3. The van der Waals surface area contributed by atoms with Crippen LogP contribution in [-0.2, 0) is 13.1 Å². The Hall–Kier alpha value is -1.46. The first kappa shape index (κ1) is 14.0. The zero-order valence-electron chi connectivity index (χ0n) is 10.7. The smallest absolute Gasteiger partial charge is 0.164 e. The van der Waals surface area contributed by atoms with Gasteiger partial charge >= 0.3 is 0 Å². The quantitative estimate of drug-likeness (QED) is 0.828. The van der Waals surface area contributed by atoms with Crippen molar-refractivity contribution in [2.45, 2.75) is 26.4 Å². The Bertz CT molecular complexity index is 541. The lowest BCUT2D eigenvalue weighted by molar-refractivity contribution is 0.578. The van der Waals surface area contributed by atoms with Gasteiger partial charge in [0.2, 0.25) is 0 Å². The molecular weight excluding hydrogens is 267 g/mol. The fraction of sp³-hybridized carbons (Fsp3) is 0.385. The van der Waals surface area contributed by atoms with Gasteiger partial charge in [0.05, 0.1) is 13.1 Å². The average Bonchev–Trinajstić information content (AvgIpc) is 2.81. The Morgan fingerprint density at radius 2 is 2.26 bits per heavy atom. The number of nitrogens with zero attached hydrogens (tertiary/aromatic N) is 3. The van der Waals surface area contributed by atoms with E-state index < -0.39 is 0 Å². The summed E-state index contributed by atoms with van der Waals surface area (Å²) in [6.07, 6.45) is 2.67. The number of aromatic nitrogens is 3. The van der Waals surface area contributed by atoms with Crippen LogP contribution in [0.25, 0.3) is 0 Å². The van der Waals surface area contributed by atoms with Gasteiger partial charge in [-0.15, -0.1) is 0 Å². The van der Waals surface area contributed by atoms with Crippen LogP contribution in [0.1, 0.15) is 24.7 Å². The molecule has 0 radical (unpaired) electrons. The highest BCUT2D eigenvalue weighted by atomic mass is 35.5. The summed E-state index contributed by atoms with van der Waals surface area (Å²) in [5, 5.41) is 7.89. The molecule has 0 fully saturated rings. The number of hydrogen-bond acceptors (Lipinski definition) is 3. The van der Waals surface area contributed by atoms with Gasteiger partial charge in [-0.3, -0.25) is 0 Å². The molecule has 1 heterocycles. The maximum absolute atomic E-state index is 13.6. The lowest BCUT2D eigenvalue weighted by atomic mass is 10.2. The highest BCUT2D eigenvalue weighted by Crippen LogP contribution is 2.15. The summed E-state index contributed by atoms with van der Waals surface area (Å²) in [6, 6.07) is 4.63. The fourth-order valence-corrected chi connectivity index (χ4v) is 1.85. The highest BCUT2D eigenvalue weighted by Gasteiger charge is 2.06. The molecule has 6 heteroatoms. The zero-order valence-corrected chi connectivity index (χ0v) is 11.5. The van der Waals surface area contributed by atoms with Gasteiger partial charge in [0.15, 0.2) is 5.82 Å². The summed E-state index contributed by atoms with van der Waals surface area (Å²) in [4.78, 5) is 4.17. The molecule has 102 valence electrons. The van der Waals surface area contributed by atoms with Gasteiger partial charge < -0.3 is 5.32 Å². The van der Waals surface area contributed by atoms with Crippen LogP contribution in [0.3, 0.4) is 0 Å². The van der Waals surface area contributed by atoms with E-state index >= 15 is 0 Å². The molecule has 0 spiro atoms. The second-order valence-electron chi connectivity index (χ2n) is 4.27. The topological polar surface area (TPSA) is 42.7 Å². The Morgan fingerprint density at radius 1 is 1.42 bits per heavy atom. The molecule has 0 bridgehead atoms. The van der Waals surface area contributed by atoms with Crippen LogP contribution in [-0.4, -0.2) is 21.3 Å². The number of halogens is 2. The molecule has 0 aliphatic heterocycles. The van der Waals surface area contributed by atoms with Crippen molar-refractivity contribution in [2.75, 3.05) is 6.54 Å². The van der Waals surface area contributed by atoms with Crippen molar-refractivity contribution in [1.82, 2.24) is 20.1 Å². The number of rotatable bonds is 6. The van der Waals surface area contributed by atoms with Crippen molar-refractivity contribution >= 4 is 11.6 Å². The zero-order chi connectivity index (χ0) is 13.7. The Labute approximate surface area is 116 Å². The van der Waals surface area contributed by atoms with E-state index in [1.54, 1.807) is 23.1 Å². The van der Waals surface area contributed by atoms with Crippen LogP contribution >= 0.6 is 11.6 Å². The molecule has 0 unspecified atom stereocenters. The Morgan fingerprint density at radius 3 is 3.00 bits per heavy atom. The molecule has 1 aromatic carbocycles. The first-order valence-corrected chi connectivity index (χ1v) is 6.60. The number of nitrogens with one attached hydrogen (secondary N) is 1. The average molecular weight is 283 g/mol. The van der Waals surface area contributed by atoms with Gasteiger partial charge in [-0.1, -0.05) is 24.6 Å². The molecule has 0 atom stereocenters. The van der Waals surface area contributed by atoms with Crippen LogP contribution in [0, 0.1) is 5.82 Å². The Kier molecular flexibility index (Phi) is 4.87. The summed E-state index contributed by atoms with van der Waals surface area (Å²) in [6.45, 7) is 4.01. The minimum absolute atomic E-state index is 0.325. The van der Waals surface area contributed by atoms with Gasteiger partial charge in [-0.2, -0.15) is 5.10 Å². The molecule has 4 nitrogen and oxygen atoms in total. The highest BCUT2D eigenvalue weighted by molar-refractivity contribution is 6.30. The van der Waals surface area contributed by atoms with Crippen LogP contribution < -0.4 is 5.32 Å². The van der Waals surface area contributed by atoms with Crippen molar-refractivity contribution in [2.24, 2.45) is 0 Å². The van der Waals surface area contributed by atoms with Gasteiger partial charge in [-0.25, -0.2) is 14.1 Å². The third kappa shape index (κ3) is 4.01. The number of hydrogen-bond donors (Lipinski definition) is 1. The lowest BCUT2D eigenvalue weighted by Gasteiger charge is -2.03. The molecular formula is C13H16ClFN4. The fourth-order valence-electron chi connectivity index (χ4n) is 1.69. The first-order chi connectivity index (χ1) is 9.19. The third-order valence-corrected chi connectivity index (χ3v) is 2.88. The molecule has 1 aromatic heterocycles. The first-order valence-electron chi connectivity index (χ1n) is 6.22. The van der Waals surface area contributed by atoms with E-state index in [1.165, 1.54) is 6.07 Å². The van der Waals surface area contributed by atoms with Crippen molar-refractivity contribution in [3.05, 3.63) is 46.8 Å². The predicted molar refractivity (Wildman–Crippen MR) is 72.5 cm³/mol. The molecule has 19 heavy (non-hydrogen) atoms. The largest absolute Gasteiger partial charge is 0.310 e. The normalized spacial score (nSPS) is 10.9. The van der Waals surface area contributed by atoms with Crippen molar-refractivity contribution in [1.29, 1.82) is 0 Å². The minimum Gasteiger partial charge on any atom is -0.310 e. The summed E-state index contributed by atoms with van der Waals surface area (Å²) in [5.74, 6) is 0.386. The van der Waals surface area contributed by atoms with Gasteiger partial charge in [0.1, 0.15) is 12.1 Å². The summed E-state index contributed by atoms with van der Waals surface area (Å²) >= 11 is 5.71. The van der Waals surface area contributed by atoms with Crippen LogP contribution in [0.4, 0.5) is 4.39 Å². The van der Waals surface area contributed by atoms with Crippen LogP contribution in [0.15, 0.2) is 24.5 Å².